The van der Waals surface area contributed by atoms with Gasteiger partial charge >= 0.3 is 13.7 Å². The van der Waals surface area contributed by atoms with Crippen LogP contribution in [0.25, 0.3) is 10.9 Å². The lowest BCUT2D eigenvalue weighted by molar-refractivity contribution is -0.144. The van der Waals surface area contributed by atoms with Crippen molar-refractivity contribution in [2.45, 2.75) is 64.1 Å². The number of hydrogen-bond acceptors (Lipinski definition) is 12. The predicted octanol–water partition coefficient (Wildman–Crippen LogP) is 2.85. The summed E-state index contributed by atoms with van der Waals surface area (Å²) in [7, 11) is -4.26. The van der Waals surface area contributed by atoms with Crippen molar-refractivity contribution in [1.29, 1.82) is 0 Å². The Morgan fingerprint density at radius 1 is 1.48 bits per heavy atom. The van der Waals surface area contributed by atoms with Gasteiger partial charge in [-0.25, -0.2) is 9.55 Å². The molecule has 2 unspecified atom stereocenters. The molecule has 3 heterocycles. The molecule has 2 aliphatic rings. The molecule has 2 aromatic heterocycles. The highest BCUT2D eigenvalue weighted by atomic mass is 35.5. The van der Waals surface area contributed by atoms with Gasteiger partial charge in [0.05, 0.1) is 29.0 Å². The summed E-state index contributed by atoms with van der Waals surface area (Å²) in [6.07, 6.45) is -0.292. The van der Waals surface area contributed by atoms with Gasteiger partial charge in [-0.1, -0.05) is 18.5 Å². The summed E-state index contributed by atoms with van der Waals surface area (Å²) in [4.78, 5) is 31.5. The minimum Gasteiger partial charge on any atom is -0.465 e. The first-order chi connectivity index (χ1) is 18.8. The van der Waals surface area contributed by atoms with Crippen LogP contribution >= 0.6 is 30.7 Å². The molecule has 0 aromatic carbocycles. The van der Waals surface area contributed by atoms with Gasteiger partial charge in [0.1, 0.15) is 35.7 Å². The lowest BCUT2D eigenvalue weighted by Crippen LogP contribution is -2.43. The molecule has 1 aliphatic carbocycles. The van der Waals surface area contributed by atoms with E-state index in [1.165, 1.54) is 13.8 Å². The Labute approximate surface area is 238 Å². The van der Waals surface area contributed by atoms with Crippen LogP contribution in [0.15, 0.2) is 33.1 Å². The van der Waals surface area contributed by atoms with Gasteiger partial charge in [0, 0.05) is 16.8 Å². The first kappa shape index (κ1) is 30.7. The molecule has 16 heteroatoms. The van der Waals surface area contributed by atoms with Crippen LogP contribution in [-0.4, -0.2) is 63.2 Å². The molecule has 0 saturated carbocycles. The number of aliphatic hydroxyl groups is 2. The molecule has 0 spiro atoms. The molecule has 1 saturated heterocycles. The number of halogens is 1. The van der Waals surface area contributed by atoms with Crippen molar-refractivity contribution in [3.8, 4) is 0 Å². The van der Waals surface area contributed by atoms with E-state index < -0.39 is 55.8 Å². The summed E-state index contributed by atoms with van der Waals surface area (Å²) in [5.74, 6) is -0.572. The van der Waals surface area contributed by atoms with E-state index in [0.717, 1.165) is 11.3 Å². The number of thiophene rings is 1. The number of nitrogens with one attached hydrogen (secondary N) is 2. The van der Waals surface area contributed by atoms with Crippen LogP contribution in [0.2, 0.25) is 0 Å². The van der Waals surface area contributed by atoms with Crippen LogP contribution in [0.5, 0.6) is 0 Å². The van der Waals surface area contributed by atoms with Gasteiger partial charge < -0.3 is 29.9 Å². The average Bonchev–Trinajstić information content (AvgIpc) is 3.38. The Morgan fingerprint density at radius 2 is 2.20 bits per heavy atom. The molecule has 40 heavy (non-hydrogen) atoms. The molecule has 1 fully saturated rings. The topological polar surface area (TPSA) is 195 Å². The molecule has 0 amide bonds. The number of aliphatic hydroxyl groups excluding tert-OH is 1. The second kappa shape index (κ2) is 11.9. The highest BCUT2D eigenvalue weighted by Gasteiger charge is 2.54. The van der Waals surface area contributed by atoms with Crippen LogP contribution < -0.4 is 16.4 Å². The Balaban J connectivity index is 1.56. The largest absolute Gasteiger partial charge is 0.465 e. The lowest BCUT2D eigenvalue weighted by atomic mass is 9.92. The SMILES string of the molecule is CCOC(=O)[C@H](C)NP(=O)(OC[C@H]1O[C@@H](c2scc3c(=O)[nH]c(N)nc23)[C@](C)(O)[C@@H]1O)OC1=CC=C(Cl)C(C)C1. The number of anilines is 1. The molecule has 7 atom stereocenters. The number of aromatic nitrogens is 2. The molecule has 4 rings (SSSR count). The van der Waals surface area contributed by atoms with Crippen molar-refractivity contribution in [2.75, 3.05) is 18.9 Å². The average molecular weight is 619 g/mol. The third-order valence-corrected chi connectivity index (χ3v) is 9.77. The van der Waals surface area contributed by atoms with Gasteiger partial charge in [-0.15, -0.1) is 11.3 Å². The summed E-state index contributed by atoms with van der Waals surface area (Å²) in [6.45, 7) is 5.93. The molecule has 1 aliphatic heterocycles. The minimum absolute atomic E-state index is 0.0936. The monoisotopic (exact) mass is 618 g/mol. The number of aromatic amines is 1. The maximum Gasteiger partial charge on any atom is 0.459 e. The Kier molecular flexibility index (Phi) is 9.13. The third-order valence-electron chi connectivity index (χ3n) is 6.59. The first-order valence-electron chi connectivity index (χ1n) is 12.5. The number of H-pyrrole nitrogens is 1. The summed E-state index contributed by atoms with van der Waals surface area (Å²) in [6, 6.07) is -1.07. The number of nitrogens with two attached hydrogens (primary N) is 1. The predicted molar refractivity (Wildman–Crippen MR) is 149 cm³/mol. The molecular formula is C24H32ClN4O9PS. The van der Waals surface area contributed by atoms with E-state index in [1.54, 1.807) is 24.5 Å². The quantitative estimate of drug-likeness (QED) is 0.193. The Hall–Kier alpha value is -2.29. The number of hydrogen-bond donors (Lipinski definition) is 5. The fraction of sp³-hybridized carbons (Fsp3) is 0.542. The number of ether oxygens (including phenoxy) is 2. The van der Waals surface area contributed by atoms with E-state index in [4.69, 9.17) is 35.9 Å². The van der Waals surface area contributed by atoms with Crippen molar-refractivity contribution in [3.05, 3.63) is 43.6 Å². The van der Waals surface area contributed by atoms with Gasteiger partial charge in [-0.2, -0.15) is 5.09 Å². The molecule has 2 aromatic rings. The van der Waals surface area contributed by atoms with Gasteiger partial charge in [-0.3, -0.25) is 19.1 Å². The summed E-state index contributed by atoms with van der Waals surface area (Å²) in [5.41, 5.74) is 3.64. The summed E-state index contributed by atoms with van der Waals surface area (Å²) in [5, 5.41) is 27.2. The molecule has 0 bridgehead atoms. The number of carbonyl (C=O) groups excluding carboxylic acids is 1. The van der Waals surface area contributed by atoms with Crippen molar-refractivity contribution >= 4 is 53.5 Å². The first-order valence-corrected chi connectivity index (χ1v) is 15.3. The van der Waals surface area contributed by atoms with Crippen LogP contribution in [0, 0.1) is 5.92 Å². The number of nitrogens with zero attached hydrogens (tertiary/aromatic N) is 1. The second-order valence-electron chi connectivity index (χ2n) is 9.82. The fourth-order valence-electron chi connectivity index (χ4n) is 4.38. The van der Waals surface area contributed by atoms with Gasteiger partial charge in [0.25, 0.3) is 5.56 Å². The standard InChI is InChI=1S/C24H32ClN4O9PS/c1-5-35-22(32)12(3)29-39(34,38-13-6-7-15(25)11(2)8-13)36-9-16-19(30)24(4,33)20(37-16)18-17-14(10-40-18)21(31)28-23(26)27-17/h6-7,10-12,16,19-20,30,33H,5,8-9H2,1-4H3,(H,29,34)(H3,26,27,28,31)/t11?,12-,16+,19+,20-,24+,39?/m0/s1. The van der Waals surface area contributed by atoms with E-state index in [-0.39, 0.29) is 29.4 Å². The van der Waals surface area contributed by atoms with Crippen molar-refractivity contribution in [3.63, 3.8) is 0 Å². The maximum absolute atomic E-state index is 13.9. The van der Waals surface area contributed by atoms with E-state index in [2.05, 4.69) is 15.1 Å². The number of fused-ring (bicyclic) bond motifs is 1. The van der Waals surface area contributed by atoms with Crippen LogP contribution in [0.3, 0.4) is 0 Å². The van der Waals surface area contributed by atoms with E-state index in [0.29, 0.717) is 22.1 Å². The highest BCUT2D eigenvalue weighted by molar-refractivity contribution is 7.51. The number of esters is 1. The zero-order valence-corrected chi connectivity index (χ0v) is 24.7. The number of rotatable bonds is 10. The van der Waals surface area contributed by atoms with E-state index in [1.807, 2.05) is 6.92 Å². The number of nitrogen functional groups attached to an aromatic ring is 1. The van der Waals surface area contributed by atoms with Crippen molar-refractivity contribution in [2.24, 2.45) is 5.92 Å². The zero-order valence-electron chi connectivity index (χ0n) is 22.3. The maximum atomic E-state index is 13.9. The number of allylic oxidation sites excluding steroid dienone is 4. The second-order valence-corrected chi connectivity index (χ2v) is 12.9. The molecular weight excluding hydrogens is 587 g/mol. The highest BCUT2D eigenvalue weighted by Crippen LogP contribution is 2.51. The van der Waals surface area contributed by atoms with E-state index in [9.17, 15) is 24.4 Å². The smallest absolute Gasteiger partial charge is 0.459 e. The fourth-order valence-corrected chi connectivity index (χ4v) is 7.22. The van der Waals surface area contributed by atoms with Crippen LogP contribution in [0.4, 0.5) is 5.95 Å². The number of carbonyl (C=O) groups is 1. The van der Waals surface area contributed by atoms with Crippen LogP contribution in [0.1, 0.15) is 45.1 Å². The van der Waals surface area contributed by atoms with Crippen LogP contribution in [-0.2, 0) is 27.9 Å². The van der Waals surface area contributed by atoms with E-state index >= 15 is 0 Å². The summed E-state index contributed by atoms with van der Waals surface area (Å²) >= 11 is 7.26. The normalized spacial score (nSPS) is 29.0. The summed E-state index contributed by atoms with van der Waals surface area (Å²) < 4.78 is 36.2. The molecule has 6 N–H and O–H groups in total. The minimum atomic E-state index is -4.26. The van der Waals surface area contributed by atoms with Gasteiger partial charge in [0.15, 0.2) is 0 Å². The Bertz CT molecular complexity index is 1440. The zero-order chi connectivity index (χ0) is 29.4. The molecule has 220 valence electrons. The van der Waals surface area contributed by atoms with Crippen molar-refractivity contribution < 1.29 is 38.1 Å². The van der Waals surface area contributed by atoms with Gasteiger partial charge in [0.2, 0.25) is 5.95 Å². The molecule has 13 nitrogen and oxygen atoms in total. The lowest BCUT2D eigenvalue weighted by Gasteiger charge is -2.28. The molecule has 0 radical (unpaired) electrons. The Morgan fingerprint density at radius 3 is 2.88 bits per heavy atom. The third kappa shape index (κ3) is 6.29. The van der Waals surface area contributed by atoms with Gasteiger partial charge in [-0.05, 0) is 38.8 Å². The van der Waals surface area contributed by atoms with Crippen molar-refractivity contribution in [1.82, 2.24) is 15.1 Å².